The highest BCUT2D eigenvalue weighted by molar-refractivity contribution is 5.98. The minimum absolute atomic E-state index is 0.0368. The van der Waals surface area contributed by atoms with Gasteiger partial charge in [0.05, 0.1) is 50.4 Å². The van der Waals surface area contributed by atoms with Gasteiger partial charge in [-0.2, -0.15) is 0 Å². The van der Waals surface area contributed by atoms with Gasteiger partial charge in [-0.15, -0.1) is 0 Å². The van der Waals surface area contributed by atoms with Gasteiger partial charge in [-0.25, -0.2) is 0 Å². The molecule has 0 radical (unpaired) electrons. The van der Waals surface area contributed by atoms with Crippen LogP contribution in [0.2, 0.25) is 0 Å². The second kappa shape index (κ2) is 21.6. The van der Waals surface area contributed by atoms with Crippen molar-refractivity contribution >= 4 is 29.6 Å². The van der Waals surface area contributed by atoms with Crippen molar-refractivity contribution in [3.05, 3.63) is 35.9 Å². The first-order valence-corrected chi connectivity index (χ1v) is 17.8. The Hall–Kier alpha value is -3.55. The summed E-state index contributed by atoms with van der Waals surface area (Å²) < 4.78 is 16.8. The number of hydrogen-bond donors (Lipinski definition) is 3. The normalized spacial score (nSPS) is 18.3. The lowest BCUT2D eigenvalue weighted by Crippen LogP contribution is -2.58. The maximum absolute atomic E-state index is 14.2. The topological polar surface area (TPSA) is 156 Å². The molecule has 1 aromatic carbocycles. The molecule has 0 spiro atoms. The van der Waals surface area contributed by atoms with Gasteiger partial charge < -0.3 is 40.0 Å². The van der Waals surface area contributed by atoms with Crippen LogP contribution in [0.5, 0.6) is 0 Å². The third-order valence-corrected chi connectivity index (χ3v) is 9.94. The smallest absolute Gasteiger partial charge is 0.321 e. The molecular formula is C37H61N5O8. The minimum Gasteiger partial charge on any atom is -0.468 e. The van der Waals surface area contributed by atoms with Crippen LogP contribution in [0.4, 0.5) is 0 Å². The molecule has 50 heavy (non-hydrogen) atoms. The molecule has 3 N–H and O–H groups in total. The molecule has 4 amide bonds. The van der Waals surface area contributed by atoms with Gasteiger partial charge in [-0.05, 0) is 50.1 Å². The predicted molar refractivity (Wildman–Crippen MR) is 191 cm³/mol. The first kappa shape index (κ1) is 42.6. The molecule has 7 unspecified atom stereocenters. The Bertz CT molecular complexity index is 1230. The quantitative estimate of drug-likeness (QED) is 0.137. The van der Waals surface area contributed by atoms with Crippen LogP contribution in [-0.4, -0.2) is 125 Å². The molecule has 1 aromatic rings. The lowest BCUT2D eigenvalue weighted by molar-refractivity contribution is -0.163. The van der Waals surface area contributed by atoms with E-state index in [1.165, 1.54) is 21.3 Å². The second-order valence-corrected chi connectivity index (χ2v) is 13.5. The van der Waals surface area contributed by atoms with Crippen LogP contribution in [0.3, 0.4) is 0 Å². The van der Waals surface area contributed by atoms with Crippen LogP contribution in [0, 0.1) is 17.8 Å². The van der Waals surface area contributed by atoms with Crippen LogP contribution in [0.15, 0.2) is 30.3 Å². The van der Waals surface area contributed by atoms with E-state index in [0.717, 1.165) is 24.8 Å². The van der Waals surface area contributed by atoms with Gasteiger partial charge in [0.2, 0.25) is 23.6 Å². The Morgan fingerprint density at radius 3 is 2.20 bits per heavy atom. The molecule has 1 aliphatic rings. The maximum Gasteiger partial charge on any atom is 0.321 e. The zero-order chi connectivity index (χ0) is 37.4. The fourth-order valence-electron chi connectivity index (χ4n) is 6.93. The summed E-state index contributed by atoms with van der Waals surface area (Å²) in [6.07, 6.45) is 1.72. The summed E-state index contributed by atoms with van der Waals surface area (Å²) in [6.45, 7) is 8.40. The summed E-state index contributed by atoms with van der Waals surface area (Å²) in [5.41, 5.74) is 1.05. The van der Waals surface area contributed by atoms with E-state index < -0.39 is 48.1 Å². The van der Waals surface area contributed by atoms with Gasteiger partial charge >= 0.3 is 5.97 Å². The standard InChI is InChI=1S/C37H61N5O8/c1-10-25(4)33(41(6)30(44)23-40-36(46)32(38-5)24(2)3)28(48-7)22-29(43)42-21-15-14-18-27(42)34(49-8)31(37(47)50-9)35(45)39-20-19-26-16-12-11-13-17-26/h11-13,16-17,24-25,27-28,31-34,38H,10,14-15,18-23H2,1-9H3,(H,39,45)(H,40,46). The number of carbonyl (C=O) groups excluding carboxylic acids is 5. The number of hydrogen-bond acceptors (Lipinski definition) is 9. The van der Waals surface area contributed by atoms with Crippen molar-refractivity contribution in [1.82, 2.24) is 25.8 Å². The molecule has 1 aliphatic heterocycles. The van der Waals surface area contributed by atoms with E-state index in [2.05, 4.69) is 16.0 Å². The van der Waals surface area contributed by atoms with Crippen LogP contribution >= 0.6 is 0 Å². The summed E-state index contributed by atoms with van der Waals surface area (Å²) in [6, 6.07) is 8.22. The number of likely N-dealkylation sites (tertiary alicyclic amines) is 1. The molecular weight excluding hydrogens is 642 g/mol. The largest absolute Gasteiger partial charge is 0.468 e. The molecule has 0 aromatic heterocycles. The Kier molecular flexibility index (Phi) is 18.4. The maximum atomic E-state index is 14.2. The third kappa shape index (κ3) is 11.8. The number of ether oxygens (including phenoxy) is 3. The lowest BCUT2D eigenvalue weighted by Gasteiger charge is -2.43. The Labute approximate surface area is 298 Å². The van der Waals surface area contributed by atoms with Crippen molar-refractivity contribution < 1.29 is 38.2 Å². The zero-order valence-corrected chi connectivity index (χ0v) is 31.5. The van der Waals surface area contributed by atoms with Crippen LogP contribution in [0.25, 0.3) is 0 Å². The minimum atomic E-state index is -1.29. The third-order valence-electron chi connectivity index (χ3n) is 9.94. The van der Waals surface area contributed by atoms with Crippen molar-refractivity contribution in [2.75, 3.05) is 55.1 Å². The van der Waals surface area contributed by atoms with E-state index >= 15 is 0 Å². The molecule has 2 rings (SSSR count). The van der Waals surface area contributed by atoms with Crippen molar-refractivity contribution in [3.8, 4) is 0 Å². The summed E-state index contributed by atoms with van der Waals surface area (Å²) in [5.74, 6) is -3.34. The van der Waals surface area contributed by atoms with Crippen molar-refractivity contribution in [3.63, 3.8) is 0 Å². The highest BCUT2D eigenvalue weighted by Crippen LogP contribution is 2.29. The average Bonchev–Trinajstić information content (AvgIpc) is 3.12. The Morgan fingerprint density at radius 1 is 0.960 bits per heavy atom. The number of rotatable bonds is 20. The summed E-state index contributed by atoms with van der Waals surface area (Å²) >= 11 is 0. The van der Waals surface area contributed by atoms with E-state index in [-0.39, 0.29) is 42.5 Å². The molecule has 282 valence electrons. The van der Waals surface area contributed by atoms with Gasteiger partial charge in [-0.1, -0.05) is 64.4 Å². The summed E-state index contributed by atoms with van der Waals surface area (Å²) in [5, 5.41) is 8.59. The van der Waals surface area contributed by atoms with Gasteiger partial charge in [0, 0.05) is 34.4 Å². The lowest BCUT2D eigenvalue weighted by atomic mass is 9.87. The first-order chi connectivity index (χ1) is 23.9. The molecule has 1 fully saturated rings. The van der Waals surface area contributed by atoms with Crippen LogP contribution < -0.4 is 16.0 Å². The van der Waals surface area contributed by atoms with Gasteiger partial charge in [0.15, 0.2) is 5.92 Å². The van der Waals surface area contributed by atoms with E-state index in [0.29, 0.717) is 25.9 Å². The van der Waals surface area contributed by atoms with Crippen molar-refractivity contribution in [2.24, 2.45) is 17.8 Å². The number of piperidine rings is 1. The number of methoxy groups -OCH3 is 3. The number of amides is 4. The van der Waals surface area contributed by atoms with Crippen molar-refractivity contribution in [1.29, 1.82) is 0 Å². The number of nitrogens with zero attached hydrogens (tertiary/aromatic N) is 2. The predicted octanol–water partition coefficient (Wildman–Crippen LogP) is 2.17. The molecule has 0 bridgehead atoms. The number of carbonyl (C=O) groups is 5. The van der Waals surface area contributed by atoms with Gasteiger partial charge in [0.25, 0.3) is 0 Å². The van der Waals surface area contributed by atoms with E-state index in [1.54, 1.807) is 23.9 Å². The summed E-state index contributed by atoms with van der Waals surface area (Å²) in [7, 11) is 7.56. The fourth-order valence-corrected chi connectivity index (χ4v) is 6.93. The number of likely N-dealkylation sites (N-methyl/N-ethyl adjacent to an activating group) is 2. The second-order valence-electron chi connectivity index (χ2n) is 13.5. The van der Waals surface area contributed by atoms with Crippen LogP contribution in [0.1, 0.15) is 65.4 Å². The molecule has 1 saturated heterocycles. The Morgan fingerprint density at radius 2 is 1.64 bits per heavy atom. The number of benzene rings is 1. The zero-order valence-electron chi connectivity index (χ0n) is 31.5. The van der Waals surface area contributed by atoms with Gasteiger partial charge in [0.1, 0.15) is 0 Å². The highest BCUT2D eigenvalue weighted by atomic mass is 16.5. The molecule has 0 aliphatic carbocycles. The summed E-state index contributed by atoms with van der Waals surface area (Å²) in [4.78, 5) is 70.1. The Balaban J connectivity index is 2.25. The number of esters is 1. The van der Waals surface area contributed by atoms with E-state index in [1.807, 2.05) is 58.0 Å². The first-order valence-electron chi connectivity index (χ1n) is 17.8. The van der Waals surface area contributed by atoms with E-state index in [9.17, 15) is 24.0 Å². The molecule has 13 nitrogen and oxygen atoms in total. The monoisotopic (exact) mass is 703 g/mol. The SMILES string of the molecule is CCC(C)C(C(CC(=O)N1CCCCC1C(OC)C(C(=O)NCCc1ccccc1)C(=O)OC)OC)N(C)C(=O)CNC(=O)C(NC)C(C)C. The van der Waals surface area contributed by atoms with Crippen molar-refractivity contribution in [2.45, 2.75) is 96.6 Å². The molecule has 13 heteroatoms. The van der Waals surface area contributed by atoms with Gasteiger partial charge in [-0.3, -0.25) is 24.0 Å². The number of nitrogens with one attached hydrogen (secondary N) is 3. The highest BCUT2D eigenvalue weighted by Gasteiger charge is 2.45. The van der Waals surface area contributed by atoms with E-state index in [4.69, 9.17) is 14.2 Å². The molecule has 1 heterocycles. The van der Waals surface area contributed by atoms with Crippen LogP contribution in [-0.2, 0) is 44.6 Å². The molecule has 7 atom stereocenters. The molecule has 0 saturated carbocycles. The average molecular weight is 704 g/mol. The fraction of sp³-hybridized carbons (Fsp3) is 0.703.